The maximum absolute atomic E-state index is 11.3. The van der Waals surface area contributed by atoms with Gasteiger partial charge in [0.05, 0.1) is 6.61 Å². The fourth-order valence-corrected chi connectivity index (χ4v) is 1.51. The van der Waals surface area contributed by atoms with E-state index in [0.29, 0.717) is 12.4 Å². The Morgan fingerprint density at radius 3 is 2.93 bits per heavy atom. The van der Waals surface area contributed by atoms with Crippen LogP contribution in [-0.2, 0) is 9.53 Å². The van der Waals surface area contributed by atoms with Gasteiger partial charge in [0.1, 0.15) is 5.75 Å². The van der Waals surface area contributed by atoms with Crippen molar-refractivity contribution in [1.82, 2.24) is 0 Å². The molecule has 0 aliphatic carbocycles. The second-order valence-corrected chi connectivity index (χ2v) is 3.94. The quantitative estimate of drug-likeness (QED) is 0.601. The SMILES string of the molecule is O=C(Oc1cccc(Br)c1)C1CCO1. The summed E-state index contributed by atoms with van der Waals surface area (Å²) in [6.07, 6.45) is 0.390. The highest BCUT2D eigenvalue weighted by atomic mass is 79.9. The van der Waals surface area contributed by atoms with E-state index in [2.05, 4.69) is 15.9 Å². The Labute approximate surface area is 90.1 Å². The first-order valence-corrected chi connectivity index (χ1v) is 5.14. The zero-order valence-electron chi connectivity index (χ0n) is 7.40. The van der Waals surface area contributed by atoms with Gasteiger partial charge < -0.3 is 9.47 Å². The second-order valence-electron chi connectivity index (χ2n) is 3.03. The Morgan fingerprint density at radius 2 is 2.36 bits per heavy atom. The molecule has 74 valence electrons. The van der Waals surface area contributed by atoms with Gasteiger partial charge in [0, 0.05) is 10.9 Å². The number of hydrogen-bond donors (Lipinski definition) is 0. The van der Waals surface area contributed by atoms with E-state index in [1.165, 1.54) is 0 Å². The average molecular weight is 257 g/mol. The number of esters is 1. The lowest BCUT2D eigenvalue weighted by Gasteiger charge is -2.23. The highest BCUT2D eigenvalue weighted by Crippen LogP contribution is 2.20. The van der Waals surface area contributed by atoms with Crippen LogP contribution in [0.4, 0.5) is 0 Å². The Kier molecular flexibility index (Phi) is 2.84. The topological polar surface area (TPSA) is 35.5 Å². The fourth-order valence-electron chi connectivity index (χ4n) is 1.13. The van der Waals surface area contributed by atoms with Crippen molar-refractivity contribution in [2.75, 3.05) is 6.61 Å². The van der Waals surface area contributed by atoms with Crippen molar-refractivity contribution in [2.45, 2.75) is 12.5 Å². The molecule has 0 spiro atoms. The minimum Gasteiger partial charge on any atom is -0.425 e. The monoisotopic (exact) mass is 256 g/mol. The van der Waals surface area contributed by atoms with Gasteiger partial charge in [0.2, 0.25) is 0 Å². The molecule has 1 atom stereocenters. The predicted molar refractivity (Wildman–Crippen MR) is 54.1 cm³/mol. The van der Waals surface area contributed by atoms with Crippen molar-refractivity contribution in [3.05, 3.63) is 28.7 Å². The van der Waals surface area contributed by atoms with Gasteiger partial charge in [-0.1, -0.05) is 22.0 Å². The standard InChI is InChI=1S/C10H9BrO3/c11-7-2-1-3-8(6-7)14-10(12)9-4-5-13-9/h1-3,6,9H,4-5H2. The highest BCUT2D eigenvalue weighted by Gasteiger charge is 2.28. The van der Waals surface area contributed by atoms with Crippen LogP contribution in [0.5, 0.6) is 5.75 Å². The lowest BCUT2D eigenvalue weighted by molar-refractivity contribution is -0.159. The normalized spacial score (nSPS) is 19.9. The van der Waals surface area contributed by atoms with E-state index in [-0.39, 0.29) is 12.1 Å². The molecule has 0 amide bonds. The van der Waals surface area contributed by atoms with E-state index >= 15 is 0 Å². The van der Waals surface area contributed by atoms with Gasteiger partial charge in [-0.2, -0.15) is 0 Å². The molecule has 0 radical (unpaired) electrons. The van der Waals surface area contributed by atoms with Crippen LogP contribution in [0.15, 0.2) is 28.7 Å². The largest absolute Gasteiger partial charge is 0.425 e. The Balaban J connectivity index is 1.99. The molecule has 0 aromatic heterocycles. The molecular weight excluding hydrogens is 248 g/mol. The lowest BCUT2D eigenvalue weighted by atomic mass is 10.2. The third-order valence-corrected chi connectivity index (χ3v) is 2.47. The van der Waals surface area contributed by atoms with Crippen LogP contribution >= 0.6 is 15.9 Å². The van der Waals surface area contributed by atoms with Gasteiger partial charge in [-0.3, -0.25) is 0 Å². The number of hydrogen-bond acceptors (Lipinski definition) is 3. The molecule has 1 fully saturated rings. The molecule has 0 bridgehead atoms. The lowest BCUT2D eigenvalue weighted by Crippen LogP contribution is -2.37. The van der Waals surface area contributed by atoms with E-state index in [1.54, 1.807) is 12.1 Å². The maximum atomic E-state index is 11.3. The van der Waals surface area contributed by atoms with Gasteiger partial charge >= 0.3 is 5.97 Å². The molecule has 1 saturated heterocycles. The summed E-state index contributed by atoms with van der Waals surface area (Å²) < 4.78 is 11.0. The van der Waals surface area contributed by atoms with Crippen molar-refractivity contribution < 1.29 is 14.3 Å². The summed E-state index contributed by atoms with van der Waals surface area (Å²) in [5.41, 5.74) is 0. The smallest absolute Gasteiger partial charge is 0.340 e. The van der Waals surface area contributed by atoms with Gasteiger partial charge in [0.25, 0.3) is 0 Å². The van der Waals surface area contributed by atoms with Crippen LogP contribution in [0.25, 0.3) is 0 Å². The number of carbonyl (C=O) groups is 1. The molecule has 14 heavy (non-hydrogen) atoms. The zero-order chi connectivity index (χ0) is 9.97. The number of halogens is 1. The minimum absolute atomic E-state index is 0.311. The van der Waals surface area contributed by atoms with Crippen molar-refractivity contribution in [3.8, 4) is 5.75 Å². The third kappa shape index (κ3) is 2.13. The summed E-state index contributed by atoms with van der Waals surface area (Å²) in [5.74, 6) is 0.231. The summed E-state index contributed by atoms with van der Waals surface area (Å²) in [7, 11) is 0. The van der Waals surface area contributed by atoms with E-state index in [0.717, 1.165) is 10.9 Å². The van der Waals surface area contributed by atoms with E-state index < -0.39 is 0 Å². The van der Waals surface area contributed by atoms with E-state index in [1.807, 2.05) is 12.1 Å². The number of benzene rings is 1. The summed E-state index contributed by atoms with van der Waals surface area (Å²) in [4.78, 5) is 11.3. The molecule has 0 saturated carbocycles. The number of carbonyl (C=O) groups excluding carboxylic acids is 1. The average Bonchev–Trinajstić information content (AvgIpc) is 1.99. The first kappa shape index (κ1) is 9.68. The molecule has 3 nitrogen and oxygen atoms in total. The Hall–Kier alpha value is -0.870. The highest BCUT2D eigenvalue weighted by molar-refractivity contribution is 9.10. The Morgan fingerprint density at radius 1 is 1.57 bits per heavy atom. The number of ether oxygens (including phenoxy) is 2. The van der Waals surface area contributed by atoms with E-state index in [4.69, 9.17) is 9.47 Å². The van der Waals surface area contributed by atoms with E-state index in [9.17, 15) is 4.79 Å². The summed E-state index contributed by atoms with van der Waals surface area (Å²) in [5, 5.41) is 0. The van der Waals surface area contributed by atoms with Crippen LogP contribution in [0.2, 0.25) is 0 Å². The van der Waals surface area contributed by atoms with Gasteiger partial charge in [-0.05, 0) is 18.2 Å². The zero-order valence-corrected chi connectivity index (χ0v) is 8.99. The minimum atomic E-state index is -0.367. The molecule has 2 rings (SSSR count). The van der Waals surface area contributed by atoms with Gasteiger partial charge in [0.15, 0.2) is 6.10 Å². The summed E-state index contributed by atoms with van der Waals surface area (Å²) in [6, 6.07) is 7.17. The molecular formula is C10H9BrO3. The molecule has 4 heteroatoms. The summed E-state index contributed by atoms with van der Waals surface area (Å²) in [6.45, 7) is 0.651. The first-order chi connectivity index (χ1) is 6.75. The molecule has 1 heterocycles. The molecule has 1 aromatic carbocycles. The molecule has 1 aliphatic heterocycles. The summed E-state index contributed by atoms with van der Waals surface area (Å²) >= 11 is 3.30. The van der Waals surface area contributed by atoms with Crippen LogP contribution < -0.4 is 4.74 Å². The van der Waals surface area contributed by atoms with Gasteiger partial charge in [-0.15, -0.1) is 0 Å². The van der Waals surface area contributed by atoms with Crippen molar-refractivity contribution in [2.24, 2.45) is 0 Å². The molecule has 0 N–H and O–H groups in total. The van der Waals surface area contributed by atoms with Gasteiger partial charge in [-0.25, -0.2) is 4.79 Å². The molecule has 1 unspecified atom stereocenters. The fraction of sp³-hybridized carbons (Fsp3) is 0.300. The van der Waals surface area contributed by atoms with Crippen LogP contribution in [0.3, 0.4) is 0 Å². The molecule has 1 aliphatic rings. The van der Waals surface area contributed by atoms with Crippen LogP contribution in [0.1, 0.15) is 6.42 Å². The third-order valence-electron chi connectivity index (χ3n) is 1.98. The predicted octanol–water partition coefficient (Wildman–Crippen LogP) is 2.14. The van der Waals surface area contributed by atoms with Crippen LogP contribution in [-0.4, -0.2) is 18.7 Å². The second kappa shape index (κ2) is 4.11. The first-order valence-electron chi connectivity index (χ1n) is 4.34. The Bertz CT molecular complexity index is 347. The van der Waals surface area contributed by atoms with Crippen LogP contribution in [0, 0.1) is 0 Å². The maximum Gasteiger partial charge on any atom is 0.340 e. The number of rotatable bonds is 2. The molecule has 1 aromatic rings. The van der Waals surface area contributed by atoms with Crippen molar-refractivity contribution in [1.29, 1.82) is 0 Å². The van der Waals surface area contributed by atoms with Crippen molar-refractivity contribution >= 4 is 21.9 Å². The van der Waals surface area contributed by atoms with Crippen molar-refractivity contribution in [3.63, 3.8) is 0 Å².